The van der Waals surface area contributed by atoms with Crippen molar-refractivity contribution in [2.24, 2.45) is 5.92 Å². The number of benzene rings is 2. The number of anilines is 2. The molecule has 2 aliphatic rings. The molecule has 1 N–H and O–H groups in total. The van der Waals surface area contributed by atoms with Crippen molar-refractivity contribution in [3.8, 4) is 6.07 Å². The van der Waals surface area contributed by atoms with Crippen LogP contribution in [0.4, 0.5) is 11.4 Å². The Balaban J connectivity index is 1.20. The van der Waals surface area contributed by atoms with E-state index >= 15 is 0 Å². The smallest absolute Gasteiger partial charge is 0.226 e. The van der Waals surface area contributed by atoms with Gasteiger partial charge >= 0.3 is 0 Å². The highest BCUT2D eigenvalue weighted by Gasteiger charge is 2.28. The van der Waals surface area contributed by atoms with E-state index in [9.17, 15) is 4.79 Å². The number of amides is 1. The van der Waals surface area contributed by atoms with Gasteiger partial charge in [-0.15, -0.1) is 0 Å². The summed E-state index contributed by atoms with van der Waals surface area (Å²) in [5, 5.41) is 12.7. The van der Waals surface area contributed by atoms with E-state index in [1.807, 2.05) is 25.1 Å². The fraction of sp³-hybridized carbons (Fsp3) is 0.500. The molecule has 1 unspecified atom stereocenters. The third-order valence-electron chi connectivity index (χ3n) is 7.25. The molecule has 2 heterocycles. The molecule has 0 aliphatic carbocycles. The lowest BCUT2D eigenvalue weighted by atomic mass is 10.0. The number of hydrogen-bond donors (Lipinski definition) is 1. The molecule has 0 spiro atoms. The number of piperazine rings is 1. The molecule has 1 atom stereocenters. The van der Waals surface area contributed by atoms with Gasteiger partial charge in [0.05, 0.1) is 11.6 Å². The van der Waals surface area contributed by atoms with Crippen molar-refractivity contribution >= 4 is 17.3 Å². The van der Waals surface area contributed by atoms with Crippen molar-refractivity contribution in [3.63, 3.8) is 0 Å². The standard InChI is InChI=1S/C28H37N5O/c1-21-4-8-27(9-5-21)32-16-14-31(15-17-32)20-23(3)28(34)33-12-10-25(11-13-33)30-26-7-6-24(19-29)22(2)18-26/h4-9,18,23,25,30H,10-17,20H2,1-3H3. The van der Waals surface area contributed by atoms with Crippen molar-refractivity contribution in [1.29, 1.82) is 5.26 Å². The number of nitrogens with zero attached hydrogens (tertiary/aromatic N) is 4. The second-order valence-electron chi connectivity index (χ2n) is 9.91. The number of likely N-dealkylation sites (tertiary alicyclic amines) is 1. The maximum Gasteiger partial charge on any atom is 0.226 e. The number of carbonyl (C=O) groups is 1. The first-order valence-electron chi connectivity index (χ1n) is 12.5. The van der Waals surface area contributed by atoms with Crippen LogP contribution in [0.2, 0.25) is 0 Å². The molecule has 4 rings (SSSR count). The summed E-state index contributed by atoms with van der Waals surface area (Å²) < 4.78 is 0. The fourth-order valence-electron chi connectivity index (χ4n) is 5.08. The third kappa shape index (κ3) is 5.90. The molecular formula is C28H37N5O. The summed E-state index contributed by atoms with van der Waals surface area (Å²) in [7, 11) is 0. The Kier molecular flexibility index (Phi) is 7.74. The molecule has 0 radical (unpaired) electrons. The number of nitriles is 1. The second-order valence-corrected chi connectivity index (χ2v) is 9.91. The molecule has 0 aromatic heterocycles. The van der Waals surface area contributed by atoms with Crippen LogP contribution in [-0.4, -0.2) is 67.6 Å². The molecule has 0 saturated carbocycles. The van der Waals surface area contributed by atoms with Gasteiger partial charge in [-0.05, 0) is 62.6 Å². The van der Waals surface area contributed by atoms with Gasteiger partial charge < -0.3 is 15.1 Å². The molecular weight excluding hydrogens is 422 g/mol. The lowest BCUT2D eigenvalue weighted by molar-refractivity contribution is -0.136. The van der Waals surface area contributed by atoms with Gasteiger partial charge in [-0.2, -0.15) is 5.26 Å². The summed E-state index contributed by atoms with van der Waals surface area (Å²) in [4.78, 5) is 20.0. The first kappa shape index (κ1) is 24.1. The Labute approximate surface area is 204 Å². The van der Waals surface area contributed by atoms with Gasteiger partial charge in [-0.1, -0.05) is 24.6 Å². The Hall–Kier alpha value is -3.04. The lowest BCUT2D eigenvalue weighted by Crippen LogP contribution is -2.50. The van der Waals surface area contributed by atoms with Crippen LogP contribution in [0.25, 0.3) is 0 Å². The third-order valence-corrected chi connectivity index (χ3v) is 7.25. The number of rotatable bonds is 6. The predicted octanol–water partition coefficient (Wildman–Crippen LogP) is 4.04. The number of aryl methyl sites for hydroxylation is 2. The minimum atomic E-state index is 0.0246. The first-order valence-corrected chi connectivity index (χ1v) is 12.5. The summed E-state index contributed by atoms with van der Waals surface area (Å²) in [5.74, 6) is 0.310. The molecule has 0 bridgehead atoms. The van der Waals surface area contributed by atoms with E-state index < -0.39 is 0 Å². The SMILES string of the molecule is Cc1ccc(N2CCN(CC(C)C(=O)N3CCC(Nc4ccc(C#N)c(C)c4)CC3)CC2)cc1. The molecule has 6 nitrogen and oxygen atoms in total. The van der Waals surface area contributed by atoms with Crippen LogP contribution in [0, 0.1) is 31.1 Å². The van der Waals surface area contributed by atoms with Gasteiger partial charge in [0.2, 0.25) is 5.91 Å². The summed E-state index contributed by atoms with van der Waals surface area (Å²) >= 11 is 0. The quantitative estimate of drug-likeness (QED) is 0.707. The van der Waals surface area contributed by atoms with Gasteiger partial charge in [0.25, 0.3) is 0 Å². The van der Waals surface area contributed by atoms with Crippen LogP contribution in [0.15, 0.2) is 42.5 Å². The van der Waals surface area contributed by atoms with Crippen molar-refractivity contribution in [1.82, 2.24) is 9.80 Å². The van der Waals surface area contributed by atoms with E-state index in [4.69, 9.17) is 5.26 Å². The van der Waals surface area contributed by atoms with Gasteiger partial charge in [-0.3, -0.25) is 9.69 Å². The minimum Gasteiger partial charge on any atom is -0.382 e. The zero-order valence-corrected chi connectivity index (χ0v) is 20.8. The molecule has 2 aromatic carbocycles. The first-order chi connectivity index (χ1) is 16.4. The highest BCUT2D eigenvalue weighted by molar-refractivity contribution is 5.78. The summed E-state index contributed by atoms with van der Waals surface area (Å²) in [6, 6.07) is 17.2. The number of hydrogen-bond acceptors (Lipinski definition) is 5. The molecule has 180 valence electrons. The highest BCUT2D eigenvalue weighted by Crippen LogP contribution is 2.21. The van der Waals surface area contributed by atoms with Gasteiger partial charge in [0, 0.05) is 69.1 Å². The van der Waals surface area contributed by atoms with E-state index in [2.05, 4.69) is 64.2 Å². The molecule has 2 aromatic rings. The second kappa shape index (κ2) is 10.9. The van der Waals surface area contributed by atoms with Crippen LogP contribution < -0.4 is 10.2 Å². The Morgan fingerprint density at radius 2 is 1.71 bits per heavy atom. The highest BCUT2D eigenvalue weighted by atomic mass is 16.2. The van der Waals surface area contributed by atoms with Crippen LogP contribution in [-0.2, 0) is 4.79 Å². The van der Waals surface area contributed by atoms with Gasteiger partial charge in [0.15, 0.2) is 0 Å². The summed E-state index contributed by atoms with van der Waals surface area (Å²) in [6.07, 6.45) is 1.90. The summed E-state index contributed by atoms with van der Waals surface area (Å²) in [5.41, 5.74) is 5.35. The monoisotopic (exact) mass is 459 g/mol. The minimum absolute atomic E-state index is 0.0246. The number of nitrogens with one attached hydrogen (secondary N) is 1. The summed E-state index contributed by atoms with van der Waals surface area (Å²) in [6.45, 7) is 12.6. The Morgan fingerprint density at radius 1 is 1.03 bits per heavy atom. The van der Waals surface area contributed by atoms with Crippen molar-refractivity contribution < 1.29 is 4.79 Å². The zero-order valence-electron chi connectivity index (χ0n) is 20.8. The Bertz CT molecular complexity index is 1010. The average Bonchev–Trinajstić information content (AvgIpc) is 2.85. The lowest BCUT2D eigenvalue weighted by Gasteiger charge is -2.38. The largest absolute Gasteiger partial charge is 0.382 e. The molecule has 2 saturated heterocycles. The zero-order chi connectivity index (χ0) is 24.1. The van der Waals surface area contributed by atoms with Crippen LogP contribution >= 0.6 is 0 Å². The molecule has 6 heteroatoms. The van der Waals surface area contributed by atoms with Crippen LogP contribution in [0.5, 0.6) is 0 Å². The topological polar surface area (TPSA) is 62.6 Å². The van der Waals surface area contributed by atoms with E-state index in [0.29, 0.717) is 6.04 Å². The predicted molar refractivity (Wildman–Crippen MR) is 138 cm³/mol. The van der Waals surface area contributed by atoms with E-state index in [-0.39, 0.29) is 11.8 Å². The van der Waals surface area contributed by atoms with Crippen molar-refractivity contribution in [2.45, 2.75) is 39.7 Å². The Morgan fingerprint density at radius 3 is 2.32 bits per heavy atom. The molecule has 2 fully saturated rings. The molecule has 34 heavy (non-hydrogen) atoms. The van der Waals surface area contributed by atoms with Crippen LogP contribution in [0.3, 0.4) is 0 Å². The van der Waals surface area contributed by atoms with Gasteiger partial charge in [0.1, 0.15) is 0 Å². The van der Waals surface area contributed by atoms with Gasteiger partial charge in [-0.25, -0.2) is 0 Å². The fourth-order valence-corrected chi connectivity index (χ4v) is 5.08. The maximum absolute atomic E-state index is 13.1. The number of carbonyl (C=O) groups excluding carboxylic acids is 1. The molecule has 2 aliphatic heterocycles. The van der Waals surface area contributed by atoms with E-state index in [1.54, 1.807) is 0 Å². The number of piperidine rings is 1. The average molecular weight is 460 g/mol. The maximum atomic E-state index is 13.1. The normalized spacial score (nSPS) is 18.4. The van der Waals surface area contributed by atoms with E-state index in [0.717, 1.165) is 75.5 Å². The van der Waals surface area contributed by atoms with Crippen molar-refractivity contribution in [2.75, 3.05) is 56.0 Å². The van der Waals surface area contributed by atoms with E-state index in [1.165, 1.54) is 11.3 Å². The van der Waals surface area contributed by atoms with Crippen molar-refractivity contribution in [3.05, 3.63) is 59.2 Å². The molecule has 1 amide bonds. The van der Waals surface area contributed by atoms with Crippen LogP contribution in [0.1, 0.15) is 36.5 Å².